The van der Waals surface area contributed by atoms with Gasteiger partial charge in [-0.25, -0.2) is 4.98 Å². The van der Waals surface area contributed by atoms with Crippen LogP contribution in [0.15, 0.2) is 34.0 Å². The number of nitrogens with zero attached hydrogens (tertiary/aromatic N) is 1. The highest BCUT2D eigenvalue weighted by Crippen LogP contribution is 2.18. The third-order valence-corrected chi connectivity index (χ3v) is 5.46. The third kappa shape index (κ3) is 3.47. The van der Waals surface area contributed by atoms with Crippen LogP contribution < -0.4 is 0 Å². The smallest absolute Gasteiger partial charge is 0.181 e. The van der Waals surface area contributed by atoms with Gasteiger partial charge in [-0.05, 0) is 12.5 Å². The summed E-state index contributed by atoms with van der Waals surface area (Å²) < 4.78 is 12.8. The number of rotatable bonds is 4. The van der Waals surface area contributed by atoms with E-state index in [0.29, 0.717) is 15.4 Å². The lowest BCUT2D eigenvalue weighted by molar-refractivity contribution is 0.681. The van der Waals surface area contributed by atoms with Crippen molar-refractivity contribution in [2.75, 3.05) is 0 Å². The number of benzene rings is 1. The van der Waals surface area contributed by atoms with Gasteiger partial charge in [0, 0.05) is 10.7 Å². The Hall–Kier alpha value is -0.520. The van der Waals surface area contributed by atoms with E-state index in [-0.39, 0.29) is 0 Å². The molecular weight excluding hydrogens is 318 g/mol. The minimum Gasteiger partial charge on any atom is -0.252 e. The van der Waals surface area contributed by atoms with Gasteiger partial charge in [0.2, 0.25) is 0 Å². The van der Waals surface area contributed by atoms with Crippen LogP contribution in [0.3, 0.4) is 0 Å². The van der Waals surface area contributed by atoms with Crippen molar-refractivity contribution in [3.8, 4) is 0 Å². The topological polar surface area (TPSA) is 30.0 Å². The molecule has 0 N–H and O–H groups in total. The first kappa shape index (κ1) is 12.9. The highest BCUT2D eigenvalue weighted by atomic mass is 79.9. The Kier molecular flexibility index (Phi) is 4.48. The van der Waals surface area contributed by atoms with Crippen molar-refractivity contribution in [1.29, 1.82) is 0 Å². The van der Waals surface area contributed by atoms with Crippen LogP contribution in [-0.2, 0) is 21.9 Å². The minimum atomic E-state index is -1.04. The van der Waals surface area contributed by atoms with Crippen molar-refractivity contribution in [3.05, 3.63) is 46.5 Å². The first-order chi connectivity index (χ1) is 8.19. The molecule has 0 radical (unpaired) electrons. The molecule has 1 unspecified atom stereocenters. The van der Waals surface area contributed by atoms with Crippen molar-refractivity contribution in [3.63, 3.8) is 0 Å². The van der Waals surface area contributed by atoms with Crippen LogP contribution in [0, 0.1) is 6.92 Å². The zero-order valence-electron chi connectivity index (χ0n) is 9.35. The summed E-state index contributed by atoms with van der Waals surface area (Å²) in [5, 5.41) is 2.66. The summed E-state index contributed by atoms with van der Waals surface area (Å²) in [4.78, 5) is 4.31. The lowest BCUT2D eigenvalue weighted by atomic mass is 10.2. The number of alkyl halides is 1. The number of thiazole rings is 1. The first-order valence-corrected chi connectivity index (χ1v) is 8.45. The van der Waals surface area contributed by atoms with E-state index in [1.54, 1.807) is 0 Å². The van der Waals surface area contributed by atoms with E-state index < -0.39 is 10.8 Å². The normalized spacial score (nSPS) is 12.6. The molecule has 2 aromatic rings. The largest absolute Gasteiger partial charge is 0.252 e. The quantitative estimate of drug-likeness (QED) is 0.801. The Morgan fingerprint density at radius 2 is 2.06 bits per heavy atom. The molecule has 0 aliphatic heterocycles. The zero-order chi connectivity index (χ0) is 12.3. The van der Waals surface area contributed by atoms with E-state index in [4.69, 9.17) is 0 Å². The van der Waals surface area contributed by atoms with Gasteiger partial charge in [0.15, 0.2) is 4.34 Å². The SMILES string of the molecule is Cc1ccc(CS(=O)c2nc(CBr)cs2)cc1. The summed E-state index contributed by atoms with van der Waals surface area (Å²) in [6, 6.07) is 8.12. The summed E-state index contributed by atoms with van der Waals surface area (Å²) in [6.45, 7) is 2.05. The summed E-state index contributed by atoms with van der Waals surface area (Å²) in [5.74, 6) is 0.537. The van der Waals surface area contributed by atoms with Gasteiger partial charge < -0.3 is 0 Å². The molecule has 90 valence electrons. The number of halogens is 1. The maximum atomic E-state index is 12.1. The van der Waals surface area contributed by atoms with Crippen molar-refractivity contribution < 1.29 is 4.21 Å². The second kappa shape index (κ2) is 5.89. The van der Waals surface area contributed by atoms with Gasteiger partial charge in [0.1, 0.15) is 0 Å². The lowest BCUT2D eigenvalue weighted by Gasteiger charge is -2.00. The molecule has 17 heavy (non-hydrogen) atoms. The van der Waals surface area contributed by atoms with E-state index in [1.807, 2.05) is 36.6 Å². The molecule has 0 aliphatic rings. The minimum absolute atomic E-state index is 0.537. The molecule has 1 aromatic carbocycles. The molecule has 5 heteroatoms. The lowest BCUT2D eigenvalue weighted by Crippen LogP contribution is -1.96. The molecule has 2 rings (SSSR count). The molecule has 0 saturated carbocycles. The maximum absolute atomic E-state index is 12.1. The fourth-order valence-corrected chi connectivity index (χ4v) is 3.98. The molecular formula is C12H12BrNOS2. The maximum Gasteiger partial charge on any atom is 0.181 e. The number of hydrogen-bond donors (Lipinski definition) is 0. The Morgan fingerprint density at radius 3 is 2.65 bits per heavy atom. The van der Waals surface area contributed by atoms with Gasteiger partial charge in [-0.3, -0.25) is 4.21 Å². The Bertz CT molecular complexity index is 522. The summed E-state index contributed by atoms with van der Waals surface area (Å²) >= 11 is 4.80. The van der Waals surface area contributed by atoms with Gasteiger partial charge in [-0.15, -0.1) is 11.3 Å². The number of hydrogen-bond acceptors (Lipinski definition) is 3. The average molecular weight is 330 g/mol. The second-order valence-corrected chi connectivity index (χ2v) is 6.76. The van der Waals surface area contributed by atoms with Crippen molar-refractivity contribution in [1.82, 2.24) is 4.98 Å². The molecule has 1 atom stereocenters. The Morgan fingerprint density at radius 1 is 1.35 bits per heavy atom. The third-order valence-electron chi connectivity index (χ3n) is 2.28. The second-order valence-electron chi connectivity index (χ2n) is 3.71. The molecule has 2 nitrogen and oxygen atoms in total. The summed E-state index contributed by atoms with van der Waals surface area (Å²) in [6.07, 6.45) is 0. The predicted molar refractivity (Wildman–Crippen MR) is 76.0 cm³/mol. The summed E-state index contributed by atoms with van der Waals surface area (Å²) in [7, 11) is -1.04. The van der Waals surface area contributed by atoms with E-state index in [1.165, 1.54) is 16.9 Å². The molecule has 0 aliphatic carbocycles. The van der Waals surface area contributed by atoms with Crippen LogP contribution in [0.25, 0.3) is 0 Å². The van der Waals surface area contributed by atoms with E-state index in [9.17, 15) is 4.21 Å². The molecule has 0 bridgehead atoms. The Labute approximate surface area is 116 Å². The van der Waals surface area contributed by atoms with Crippen molar-refractivity contribution >= 4 is 38.1 Å². The van der Waals surface area contributed by atoms with Crippen LogP contribution in [0.4, 0.5) is 0 Å². The number of aryl methyl sites for hydroxylation is 1. The van der Waals surface area contributed by atoms with E-state index >= 15 is 0 Å². The van der Waals surface area contributed by atoms with Gasteiger partial charge in [-0.1, -0.05) is 45.8 Å². The molecule has 1 heterocycles. The molecule has 0 spiro atoms. The standard InChI is InChI=1S/C12H12BrNOS2/c1-9-2-4-10(5-3-9)8-17(15)12-14-11(6-13)7-16-12/h2-5,7H,6,8H2,1H3. The summed E-state index contributed by atoms with van der Waals surface area (Å²) in [5.41, 5.74) is 3.25. The Balaban J connectivity index is 2.08. The van der Waals surface area contributed by atoms with Gasteiger partial charge in [0.25, 0.3) is 0 Å². The van der Waals surface area contributed by atoms with Crippen LogP contribution in [0.1, 0.15) is 16.8 Å². The first-order valence-electron chi connectivity index (χ1n) is 5.13. The van der Waals surface area contributed by atoms with Crippen LogP contribution in [0.5, 0.6) is 0 Å². The molecule has 1 aromatic heterocycles. The molecule has 0 fully saturated rings. The van der Waals surface area contributed by atoms with Crippen molar-refractivity contribution in [2.24, 2.45) is 0 Å². The van der Waals surface area contributed by atoms with Crippen LogP contribution >= 0.6 is 27.3 Å². The highest BCUT2D eigenvalue weighted by Gasteiger charge is 2.09. The average Bonchev–Trinajstić information content (AvgIpc) is 2.81. The van der Waals surface area contributed by atoms with Crippen LogP contribution in [0.2, 0.25) is 0 Å². The highest BCUT2D eigenvalue weighted by molar-refractivity contribution is 9.08. The fourth-order valence-electron chi connectivity index (χ4n) is 1.35. The zero-order valence-corrected chi connectivity index (χ0v) is 12.6. The van der Waals surface area contributed by atoms with Crippen LogP contribution in [-0.4, -0.2) is 9.19 Å². The van der Waals surface area contributed by atoms with Gasteiger partial charge in [-0.2, -0.15) is 0 Å². The predicted octanol–water partition coefficient (Wildman–Crippen LogP) is 3.65. The van der Waals surface area contributed by atoms with E-state index in [0.717, 1.165) is 11.3 Å². The monoisotopic (exact) mass is 329 g/mol. The van der Waals surface area contributed by atoms with Crippen molar-refractivity contribution in [2.45, 2.75) is 22.3 Å². The molecule has 0 amide bonds. The number of aromatic nitrogens is 1. The van der Waals surface area contributed by atoms with E-state index in [2.05, 4.69) is 20.9 Å². The van der Waals surface area contributed by atoms with Gasteiger partial charge in [0.05, 0.1) is 22.2 Å². The fraction of sp³-hybridized carbons (Fsp3) is 0.250. The molecule has 0 saturated heterocycles. The van der Waals surface area contributed by atoms with Gasteiger partial charge >= 0.3 is 0 Å².